The van der Waals surface area contributed by atoms with Gasteiger partial charge >= 0.3 is 158 Å². The molecule has 2 atom stereocenters. The van der Waals surface area contributed by atoms with Gasteiger partial charge in [0, 0.05) is 0 Å². The van der Waals surface area contributed by atoms with Crippen molar-refractivity contribution in [3.8, 4) is 0 Å². The number of fused-ring (bicyclic) bond motifs is 2. The molecular weight excluding hydrogens is 383 g/mol. The summed E-state index contributed by atoms with van der Waals surface area (Å²) in [5, 5.41) is 0. The van der Waals surface area contributed by atoms with E-state index in [2.05, 4.69) is 83.5 Å². The van der Waals surface area contributed by atoms with Gasteiger partial charge in [-0.1, -0.05) is 0 Å². The summed E-state index contributed by atoms with van der Waals surface area (Å²) >= 11 is -2.02. The van der Waals surface area contributed by atoms with Crippen LogP contribution in [0.25, 0.3) is 12.2 Å². The molecule has 0 aromatic heterocycles. The van der Waals surface area contributed by atoms with E-state index in [9.17, 15) is 4.79 Å². The SMILES string of the molecule is C[CH]=[Zr]([CH2]C=O)[CH](C1C=Cc2ccccc21)C1C=Cc2ccccc21. The van der Waals surface area contributed by atoms with Gasteiger partial charge < -0.3 is 0 Å². The van der Waals surface area contributed by atoms with Crippen LogP contribution in [-0.2, 0) is 26.1 Å². The Morgan fingerprint density at radius 3 is 1.92 bits per heavy atom. The van der Waals surface area contributed by atoms with E-state index in [1.165, 1.54) is 22.3 Å². The van der Waals surface area contributed by atoms with Gasteiger partial charge in [-0.3, -0.25) is 0 Å². The zero-order valence-corrected chi connectivity index (χ0v) is 16.9. The standard InChI is InChI=1S/C19H15.C2H3O.C2H4.Zr/c1-3-7-18-14(5-1)9-11-16(18)13-17-12-10-15-6-2-4-8-19(15)17;1-2-3;1-2;/h1-13,16-17H;2H,1H2;1H,2H3;. The first-order chi connectivity index (χ1) is 12.3. The Morgan fingerprint density at radius 2 is 1.44 bits per heavy atom. The summed E-state index contributed by atoms with van der Waals surface area (Å²) in [7, 11) is 0. The monoisotopic (exact) mass is 404 g/mol. The van der Waals surface area contributed by atoms with Crippen LogP contribution in [0.5, 0.6) is 0 Å². The Hall–Kier alpha value is -1.66. The summed E-state index contributed by atoms with van der Waals surface area (Å²) in [5.41, 5.74) is 5.57. The molecule has 0 radical (unpaired) electrons. The first-order valence-corrected chi connectivity index (χ1v) is 13.5. The molecule has 2 heteroatoms. The summed E-state index contributed by atoms with van der Waals surface area (Å²) in [4.78, 5) is 11.4. The average Bonchev–Trinajstić information content (AvgIpc) is 3.27. The molecule has 0 saturated heterocycles. The fourth-order valence-corrected chi connectivity index (χ4v) is 10.8. The van der Waals surface area contributed by atoms with Gasteiger partial charge in [0.25, 0.3) is 0 Å². The fraction of sp³-hybridized carbons (Fsp3) is 0.217. The number of benzene rings is 2. The molecule has 2 unspecified atom stereocenters. The van der Waals surface area contributed by atoms with Gasteiger partial charge in [-0.15, -0.1) is 0 Å². The van der Waals surface area contributed by atoms with E-state index in [0.29, 0.717) is 15.5 Å². The minimum absolute atomic E-state index is 0.433. The minimum atomic E-state index is -2.02. The second-order valence-corrected chi connectivity index (χ2v) is 13.7. The summed E-state index contributed by atoms with van der Waals surface area (Å²) in [5.74, 6) is 0.866. The maximum absolute atomic E-state index is 11.4. The quantitative estimate of drug-likeness (QED) is 0.604. The molecule has 0 saturated carbocycles. The second kappa shape index (κ2) is 7.30. The van der Waals surface area contributed by atoms with Crippen LogP contribution in [0.1, 0.15) is 41.0 Å². The first-order valence-electron chi connectivity index (χ1n) is 8.96. The third-order valence-electron chi connectivity index (χ3n) is 5.57. The van der Waals surface area contributed by atoms with Crippen LogP contribution in [0.2, 0.25) is 7.75 Å². The van der Waals surface area contributed by atoms with Gasteiger partial charge in [0.15, 0.2) is 0 Å². The number of allylic oxidation sites excluding steroid dienone is 2. The van der Waals surface area contributed by atoms with Crippen LogP contribution in [-0.4, -0.2) is 10.00 Å². The van der Waals surface area contributed by atoms with Gasteiger partial charge in [-0.2, -0.15) is 0 Å². The zero-order chi connectivity index (χ0) is 17.2. The molecule has 0 heterocycles. The normalized spacial score (nSPS) is 21.9. The van der Waals surface area contributed by atoms with Crippen molar-refractivity contribution in [3.05, 3.63) is 82.9 Å². The molecule has 1 nitrogen and oxygen atoms in total. The van der Waals surface area contributed by atoms with E-state index in [-0.39, 0.29) is 0 Å². The van der Waals surface area contributed by atoms with E-state index in [0.717, 1.165) is 10.4 Å². The van der Waals surface area contributed by atoms with E-state index < -0.39 is 21.3 Å². The first kappa shape index (κ1) is 16.8. The molecule has 0 fully saturated rings. The Morgan fingerprint density at radius 1 is 0.920 bits per heavy atom. The number of carbonyl (C=O) groups is 1. The number of aldehydes is 1. The van der Waals surface area contributed by atoms with Crippen molar-refractivity contribution in [2.45, 2.75) is 26.5 Å². The van der Waals surface area contributed by atoms with Crippen molar-refractivity contribution in [2.75, 3.05) is 0 Å². The molecule has 0 bridgehead atoms. The van der Waals surface area contributed by atoms with Crippen LogP contribution in [0.4, 0.5) is 0 Å². The van der Waals surface area contributed by atoms with E-state index in [1.54, 1.807) is 0 Å². The van der Waals surface area contributed by atoms with Crippen LogP contribution in [0.3, 0.4) is 0 Å². The van der Waals surface area contributed by atoms with Crippen LogP contribution < -0.4 is 0 Å². The fourth-order valence-electron chi connectivity index (χ4n) is 4.41. The average molecular weight is 406 g/mol. The van der Waals surface area contributed by atoms with Crippen molar-refractivity contribution >= 4 is 22.1 Å². The summed E-state index contributed by atoms with van der Waals surface area (Å²) in [6.07, 6.45) is 10.5. The third-order valence-corrected chi connectivity index (χ3v) is 12.8. The van der Waals surface area contributed by atoms with E-state index in [1.807, 2.05) is 0 Å². The van der Waals surface area contributed by atoms with Crippen molar-refractivity contribution in [1.29, 1.82) is 0 Å². The zero-order valence-electron chi connectivity index (χ0n) is 14.4. The molecule has 0 spiro atoms. The summed E-state index contributed by atoms with van der Waals surface area (Å²) in [6.45, 7) is 2.18. The molecule has 124 valence electrons. The molecule has 25 heavy (non-hydrogen) atoms. The Bertz CT molecular complexity index is 829. The van der Waals surface area contributed by atoms with Crippen LogP contribution >= 0.6 is 0 Å². The number of carbonyl (C=O) groups excluding carboxylic acids is 1. The van der Waals surface area contributed by atoms with Crippen molar-refractivity contribution in [3.63, 3.8) is 0 Å². The number of rotatable bonds is 5. The molecule has 2 aliphatic carbocycles. The third kappa shape index (κ3) is 3.02. The van der Waals surface area contributed by atoms with Gasteiger partial charge in [0.1, 0.15) is 0 Å². The topological polar surface area (TPSA) is 17.1 Å². The molecule has 2 aromatic carbocycles. The molecule has 0 N–H and O–H groups in total. The van der Waals surface area contributed by atoms with Gasteiger partial charge in [0.2, 0.25) is 0 Å². The van der Waals surface area contributed by atoms with Crippen molar-refractivity contribution in [1.82, 2.24) is 0 Å². The van der Waals surface area contributed by atoms with Crippen LogP contribution in [0, 0.1) is 0 Å². The summed E-state index contributed by atoms with van der Waals surface area (Å²) in [6, 6.07) is 17.5. The van der Waals surface area contributed by atoms with E-state index >= 15 is 0 Å². The van der Waals surface area contributed by atoms with Gasteiger partial charge in [-0.25, -0.2) is 0 Å². The second-order valence-electron chi connectivity index (χ2n) is 6.79. The van der Waals surface area contributed by atoms with Gasteiger partial charge in [-0.05, 0) is 0 Å². The molecule has 0 aliphatic heterocycles. The van der Waals surface area contributed by atoms with E-state index in [4.69, 9.17) is 0 Å². The van der Waals surface area contributed by atoms with Crippen molar-refractivity contribution in [2.24, 2.45) is 0 Å². The van der Waals surface area contributed by atoms with Crippen molar-refractivity contribution < 1.29 is 26.1 Å². The molecule has 0 amide bonds. The summed E-state index contributed by atoms with van der Waals surface area (Å²) < 4.78 is 3.75. The number of hydrogen-bond acceptors (Lipinski definition) is 1. The predicted molar refractivity (Wildman–Crippen MR) is 103 cm³/mol. The molecule has 4 rings (SSSR count). The molecule has 2 aliphatic rings. The maximum atomic E-state index is 11.4. The number of hydrogen-bond donors (Lipinski definition) is 0. The van der Waals surface area contributed by atoms with Gasteiger partial charge in [0.05, 0.1) is 0 Å². The Kier molecular flexibility index (Phi) is 4.90. The molecular formula is C23H22OZr. The Balaban J connectivity index is 1.81. The Labute approximate surface area is 157 Å². The molecule has 2 aromatic rings. The van der Waals surface area contributed by atoms with Crippen LogP contribution in [0.15, 0.2) is 60.7 Å². The predicted octanol–water partition coefficient (Wildman–Crippen LogP) is 5.45.